The van der Waals surface area contributed by atoms with E-state index < -0.39 is 11.4 Å². The van der Waals surface area contributed by atoms with Crippen molar-refractivity contribution >= 4 is 17.6 Å². The van der Waals surface area contributed by atoms with Gasteiger partial charge in [0.2, 0.25) is 5.91 Å². The van der Waals surface area contributed by atoms with Crippen molar-refractivity contribution in [3.05, 3.63) is 29.8 Å². The third-order valence-corrected chi connectivity index (χ3v) is 3.02. The lowest BCUT2D eigenvalue weighted by Gasteiger charge is -2.25. The molecule has 0 radical (unpaired) electrons. The van der Waals surface area contributed by atoms with Crippen molar-refractivity contribution < 1.29 is 14.7 Å². The summed E-state index contributed by atoms with van der Waals surface area (Å²) < 4.78 is 0. The molecule has 1 amide bonds. The van der Waals surface area contributed by atoms with E-state index in [1.54, 1.807) is 45.2 Å². The maximum absolute atomic E-state index is 12.2. The normalized spacial score (nSPS) is 10.7. The van der Waals surface area contributed by atoms with Crippen LogP contribution < -0.4 is 4.90 Å². The van der Waals surface area contributed by atoms with Gasteiger partial charge in [0.05, 0.1) is 18.1 Å². The summed E-state index contributed by atoms with van der Waals surface area (Å²) in [5.41, 5.74) is 0.616. The fourth-order valence-electron chi connectivity index (χ4n) is 1.90. The molecule has 106 valence electrons. The van der Waals surface area contributed by atoms with E-state index in [2.05, 4.69) is 0 Å². The Morgan fingerprint density at radius 1 is 1.25 bits per heavy atom. The van der Waals surface area contributed by atoms with Crippen molar-refractivity contribution in [1.29, 1.82) is 5.26 Å². The van der Waals surface area contributed by atoms with Gasteiger partial charge in [-0.1, -0.05) is 13.8 Å². The number of nitrogens with zero attached hydrogens (tertiary/aromatic N) is 2. The van der Waals surface area contributed by atoms with Crippen molar-refractivity contribution in [1.82, 2.24) is 0 Å². The van der Waals surface area contributed by atoms with Gasteiger partial charge < -0.3 is 10.0 Å². The fraction of sp³-hybridized carbons (Fsp3) is 0.400. The molecular formula is C15H18N2O3. The van der Waals surface area contributed by atoms with Crippen molar-refractivity contribution in [2.45, 2.75) is 26.7 Å². The van der Waals surface area contributed by atoms with Gasteiger partial charge in [-0.25, -0.2) is 0 Å². The molecule has 0 saturated carbocycles. The lowest BCUT2D eigenvalue weighted by molar-refractivity contribution is -0.139. The minimum Gasteiger partial charge on any atom is -0.481 e. The molecule has 0 saturated heterocycles. The summed E-state index contributed by atoms with van der Waals surface area (Å²) in [6.45, 7) is 3.51. The van der Waals surface area contributed by atoms with Crippen LogP contribution >= 0.6 is 0 Å². The molecule has 5 heteroatoms. The first kappa shape index (κ1) is 15.7. The van der Waals surface area contributed by atoms with Gasteiger partial charge in [-0.2, -0.15) is 5.26 Å². The molecule has 20 heavy (non-hydrogen) atoms. The monoisotopic (exact) mass is 274 g/mol. The van der Waals surface area contributed by atoms with Gasteiger partial charge in [-0.3, -0.25) is 9.59 Å². The summed E-state index contributed by atoms with van der Waals surface area (Å²) >= 11 is 0. The Balaban J connectivity index is 2.76. The number of hydrogen-bond acceptors (Lipinski definition) is 3. The largest absolute Gasteiger partial charge is 0.481 e. The molecule has 0 aliphatic rings. The summed E-state index contributed by atoms with van der Waals surface area (Å²) in [5, 5.41) is 17.5. The second-order valence-corrected chi connectivity index (χ2v) is 5.52. The highest BCUT2D eigenvalue weighted by atomic mass is 16.4. The average Bonchev–Trinajstić information content (AvgIpc) is 2.35. The number of benzene rings is 1. The van der Waals surface area contributed by atoms with Crippen LogP contribution in [0.4, 0.5) is 5.69 Å². The number of carboxylic acids is 1. The number of anilines is 1. The lowest BCUT2D eigenvalue weighted by atomic mass is 9.85. The molecule has 5 nitrogen and oxygen atoms in total. The number of aliphatic carboxylic acids is 1. The third-order valence-electron chi connectivity index (χ3n) is 3.02. The van der Waals surface area contributed by atoms with Gasteiger partial charge in [0.15, 0.2) is 0 Å². The summed E-state index contributed by atoms with van der Waals surface area (Å²) in [6.07, 6.45) is 0.0930. The number of carbonyl (C=O) groups excluding carboxylic acids is 1. The van der Waals surface area contributed by atoms with Crippen LogP contribution in [-0.2, 0) is 9.59 Å². The van der Waals surface area contributed by atoms with Crippen LogP contribution in [0, 0.1) is 16.7 Å². The van der Waals surface area contributed by atoms with E-state index in [-0.39, 0.29) is 18.7 Å². The Morgan fingerprint density at radius 3 is 2.25 bits per heavy atom. The van der Waals surface area contributed by atoms with Gasteiger partial charge in [0.25, 0.3) is 0 Å². The van der Waals surface area contributed by atoms with Crippen LogP contribution in [0.5, 0.6) is 0 Å². The minimum absolute atomic E-state index is 0.0556. The maximum Gasteiger partial charge on any atom is 0.303 e. The van der Waals surface area contributed by atoms with Gasteiger partial charge in [0, 0.05) is 19.2 Å². The molecule has 0 aliphatic heterocycles. The zero-order valence-electron chi connectivity index (χ0n) is 11.9. The Labute approximate surface area is 118 Å². The molecule has 0 fully saturated rings. The highest BCUT2D eigenvalue weighted by molar-refractivity contribution is 5.93. The molecule has 0 spiro atoms. The van der Waals surface area contributed by atoms with Crippen molar-refractivity contribution in [2.75, 3.05) is 11.9 Å². The summed E-state index contributed by atoms with van der Waals surface area (Å²) in [7, 11) is 1.64. The van der Waals surface area contributed by atoms with E-state index in [1.165, 1.54) is 4.90 Å². The van der Waals surface area contributed by atoms with E-state index >= 15 is 0 Å². The first-order valence-electron chi connectivity index (χ1n) is 6.24. The first-order chi connectivity index (χ1) is 9.25. The van der Waals surface area contributed by atoms with Crippen molar-refractivity contribution in [2.24, 2.45) is 5.41 Å². The predicted octanol–water partition coefficient (Wildman–Crippen LogP) is 2.41. The molecule has 0 aliphatic carbocycles. The Morgan fingerprint density at radius 2 is 1.80 bits per heavy atom. The molecule has 0 unspecified atom stereocenters. The predicted molar refractivity (Wildman–Crippen MR) is 75.2 cm³/mol. The van der Waals surface area contributed by atoms with E-state index in [4.69, 9.17) is 10.4 Å². The molecule has 1 N–H and O–H groups in total. The van der Waals surface area contributed by atoms with Crippen molar-refractivity contribution in [3.63, 3.8) is 0 Å². The molecule has 0 heterocycles. The number of rotatable bonds is 5. The minimum atomic E-state index is -0.913. The number of carbonyl (C=O) groups is 2. The van der Waals surface area contributed by atoms with Crippen LogP contribution in [0.25, 0.3) is 0 Å². The summed E-state index contributed by atoms with van der Waals surface area (Å²) in [4.78, 5) is 24.4. The molecule has 1 aromatic carbocycles. The van der Waals surface area contributed by atoms with Gasteiger partial charge in [-0.05, 0) is 29.7 Å². The summed E-state index contributed by atoms with van der Waals surface area (Å²) in [6, 6.07) is 8.68. The Hall–Kier alpha value is -2.35. The molecule has 0 bridgehead atoms. The Kier molecular flexibility index (Phi) is 4.87. The molecule has 0 aromatic heterocycles. The zero-order valence-corrected chi connectivity index (χ0v) is 11.9. The van der Waals surface area contributed by atoms with E-state index in [9.17, 15) is 9.59 Å². The standard InChI is InChI=1S/C15H18N2O3/c1-15(2,9-14(19)20)8-13(18)17(3)12-6-4-11(10-16)5-7-12/h4-7H,8-9H2,1-3H3,(H,19,20). The van der Waals surface area contributed by atoms with Gasteiger partial charge in [-0.15, -0.1) is 0 Å². The topological polar surface area (TPSA) is 81.4 Å². The second kappa shape index (κ2) is 6.20. The SMILES string of the molecule is CN(C(=O)CC(C)(C)CC(=O)O)c1ccc(C#N)cc1. The van der Waals surface area contributed by atoms with Crippen LogP contribution in [0.15, 0.2) is 24.3 Å². The number of nitriles is 1. The molecular weight excluding hydrogens is 256 g/mol. The van der Waals surface area contributed by atoms with Crippen LogP contribution in [0.2, 0.25) is 0 Å². The van der Waals surface area contributed by atoms with E-state index in [0.29, 0.717) is 11.3 Å². The fourth-order valence-corrected chi connectivity index (χ4v) is 1.90. The first-order valence-corrected chi connectivity index (χ1v) is 6.24. The quantitative estimate of drug-likeness (QED) is 0.894. The molecule has 1 aromatic rings. The third kappa shape index (κ3) is 4.39. The summed E-state index contributed by atoms with van der Waals surface area (Å²) in [5.74, 6) is -1.07. The molecule has 0 atom stereocenters. The number of hydrogen-bond donors (Lipinski definition) is 1. The zero-order chi connectivity index (χ0) is 15.3. The number of carboxylic acid groups (broad SMARTS) is 1. The lowest BCUT2D eigenvalue weighted by Crippen LogP contribution is -2.31. The second-order valence-electron chi connectivity index (χ2n) is 5.52. The van der Waals surface area contributed by atoms with Crippen LogP contribution in [0.1, 0.15) is 32.3 Å². The van der Waals surface area contributed by atoms with Crippen LogP contribution in [0.3, 0.4) is 0 Å². The Bertz CT molecular complexity index is 541. The van der Waals surface area contributed by atoms with E-state index in [1.807, 2.05) is 6.07 Å². The maximum atomic E-state index is 12.2. The smallest absolute Gasteiger partial charge is 0.303 e. The van der Waals surface area contributed by atoms with Gasteiger partial charge in [0.1, 0.15) is 0 Å². The average molecular weight is 274 g/mol. The highest BCUT2D eigenvalue weighted by Gasteiger charge is 2.27. The van der Waals surface area contributed by atoms with Gasteiger partial charge >= 0.3 is 5.97 Å². The highest BCUT2D eigenvalue weighted by Crippen LogP contribution is 2.27. The van der Waals surface area contributed by atoms with E-state index in [0.717, 1.165) is 0 Å². The molecule has 1 rings (SSSR count). The van der Waals surface area contributed by atoms with Crippen molar-refractivity contribution in [3.8, 4) is 6.07 Å². The number of amides is 1. The van der Waals surface area contributed by atoms with Crippen LogP contribution in [-0.4, -0.2) is 24.0 Å².